The first-order valence-corrected chi connectivity index (χ1v) is 16.3. The molecule has 0 radical (unpaired) electrons. The third kappa shape index (κ3) is 8.21. The molecule has 3 aromatic carbocycles. The molecule has 2 fully saturated rings. The Morgan fingerprint density at radius 3 is 2.08 bits per heavy atom. The first-order chi connectivity index (χ1) is 24.3. The molecule has 0 spiro atoms. The highest BCUT2D eigenvalue weighted by Crippen LogP contribution is 2.34. The van der Waals surface area contributed by atoms with E-state index in [-0.39, 0.29) is 42.6 Å². The fourth-order valence-electron chi connectivity index (χ4n) is 6.28. The molecule has 2 unspecified atom stereocenters. The summed E-state index contributed by atoms with van der Waals surface area (Å²) >= 11 is 0. The van der Waals surface area contributed by atoms with Crippen molar-refractivity contribution in [2.75, 3.05) is 52.3 Å². The maximum atomic E-state index is 16.0. The molecule has 0 aromatic heterocycles. The molecule has 2 N–H and O–H groups in total. The summed E-state index contributed by atoms with van der Waals surface area (Å²) in [4.78, 5) is 61.0. The lowest BCUT2D eigenvalue weighted by Crippen LogP contribution is -2.56. The van der Waals surface area contributed by atoms with E-state index in [1.54, 1.807) is 36.4 Å². The molecule has 2 saturated heterocycles. The Morgan fingerprint density at radius 2 is 1.42 bits per heavy atom. The highest BCUT2D eigenvalue weighted by atomic mass is 19.1. The molecule has 2 aliphatic rings. The summed E-state index contributed by atoms with van der Waals surface area (Å²) in [6.45, 7) is 1.26. The van der Waals surface area contributed by atoms with Crippen LogP contribution in [0.25, 0.3) is 0 Å². The quantitative estimate of drug-likeness (QED) is 0.107. The number of amides is 2. The number of nitrogens with zero attached hydrogens (tertiary/aromatic N) is 2. The van der Waals surface area contributed by atoms with Crippen molar-refractivity contribution in [3.05, 3.63) is 88.7 Å². The van der Waals surface area contributed by atoms with Crippen molar-refractivity contribution in [1.82, 2.24) is 10.2 Å². The summed E-state index contributed by atoms with van der Waals surface area (Å²) in [5.74, 6) is -1.90. The molecular weight excluding hydrogens is 653 g/mol. The summed E-state index contributed by atoms with van der Waals surface area (Å²) in [5.41, 5.74) is 0.545. The van der Waals surface area contributed by atoms with Gasteiger partial charge in [0, 0.05) is 50.5 Å². The smallest absolute Gasteiger partial charge is 0.441 e. The number of anilines is 1. The van der Waals surface area contributed by atoms with Gasteiger partial charge in [-0.1, -0.05) is 24.3 Å². The van der Waals surface area contributed by atoms with E-state index in [9.17, 15) is 24.4 Å². The van der Waals surface area contributed by atoms with Gasteiger partial charge in [0.1, 0.15) is 23.1 Å². The van der Waals surface area contributed by atoms with Crippen LogP contribution in [0.15, 0.2) is 60.7 Å². The van der Waals surface area contributed by atoms with Crippen molar-refractivity contribution in [3.63, 3.8) is 0 Å². The maximum Gasteiger partial charge on any atom is 0.441 e. The standard InChI is InChI=1S/C36H40FN3O10/c1-46-21-48-26-14-12-25(13-15-26)35(43)38-27-7-3-4-20-40(36(44)50-45)32(27)34(42)24-10-8-23(9-11-24)33(41)30-29(49-22-47-2)17-16-28(31(30)37)39-18-5-6-19-39/h8-17,27,32,45H,3-7,18-22H2,1-2H3,(H,38,43). The summed E-state index contributed by atoms with van der Waals surface area (Å²) in [5, 5.41) is 12.2. The molecule has 14 heteroatoms. The van der Waals surface area contributed by atoms with Gasteiger partial charge in [0.15, 0.2) is 31.0 Å². The van der Waals surface area contributed by atoms with Gasteiger partial charge in [0.05, 0.1) is 11.7 Å². The SMILES string of the molecule is COCOc1ccc(C(=O)NC2CCCCN(C(=O)OO)C2C(=O)c2ccc(C(=O)c3c(OCOC)ccc(N4CCCC4)c3F)cc2)cc1. The number of hydrogen-bond acceptors (Lipinski definition) is 11. The molecule has 266 valence electrons. The Morgan fingerprint density at radius 1 is 0.800 bits per heavy atom. The van der Waals surface area contributed by atoms with Gasteiger partial charge < -0.3 is 29.2 Å². The van der Waals surface area contributed by atoms with E-state index in [0.717, 1.165) is 17.7 Å². The molecular formula is C36H40FN3O10. The number of hydrogen-bond donors (Lipinski definition) is 2. The first kappa shape index (κ1) is 36.2. The molecule has 2 atom stereocenters. The van der Waals surface area contributed by atoms with Crippen molar-refractivity contribution in [3.8, 4) is 11.5 Å². The normalized spacial score (nSPS) is 17.5. The molecule has 3 aromatic rings. The Kier molecular flexibility index (Phi) is 12.4. The van der Waals surface area contributed by atoms with Crippen LogP contribution >= 0.6 is 0 Å². The van der Waals surface area contributed by atoms with E-state index in [2.05, 4.69) is 10.2 Å². The summed E-state index contributed by atoms with van der Waals surface area (Å²) in [6, 6.07) is 12.9. The first-order valence-electron chi connectivity index (χ1n) is 16.3. The molecule has 5 rings (SSSR count). The van der Waals surface area contributed by atoms with Crippen LogP contribution in [-0.2, 0) is 14.4 Å². The van der Waals surface area contributed by atoms with Gasteiger partial charge in [-0.15, -0.1) is 0 Å². The fourth-order valence-corrected chi connectivity index (χ4v) is 6.28. The number of rotatable bonds is 13. The second kappa shape index (κ2) is 17.1. The lowest BCUT2D eigenvalue weighted by atomic mass is 9.92. The Labute approximate surface area is 288 Å². The number of ether oxygens (including phenoxy) is 4. The third-order valence-electron chi connectivity index (χ3n) is 8.76. The van der Waals surface area contributed by atoms with E-state index in [1.165, 1.54) is 38.5 Å². The van der Waals surface area contributed by atoms with Crippen molar-refractivity contribution < 1.29 is 52.7 Å². The van der Waals surface area contributed by atoms with E-state index in [0.29, 0.717) is 49.4 Å². The third-order valence-corrected chi connectivity index (χ3v) is 8.76. The predicted molar refractivity (Wildman–Crippen MR) is 178 cm³/mol. The number of carbonyl (C=O) groups is 4. The van der Waals surface area contributed by atoms with Crippen LogP contribution in [0.2, 0.25) is 0 Å². The number of carbonyl (C=O) groups excluding carboxylic acids is 4. The number of nitrogens with one attached hydrogen (secondary N) is 1. The van der Waals surface area contributed by atoms with Crippen LogP contribution in [0.5, 0.6) is 11.5 Å². The average molecular weight is 694 g/mol. The van der Waals surface area contributed by atoms with Gasteiger partial charge in [-0.05, 0) is 68.5 Å². The zero-order valence-corrected chi connectivity index (χ0v) is 27.9. The van der Waals surface area contributed by atoms with Crippen molar-refractivity contribution in [1.29, 1.82) is 0 Å². The molecule has 0 aliphatic carbocycles. The predicted octanol–water partition coefficient (Wildman–Crippen LogP) is 5.07. The number of likely N-dealkylation sites (tertiary alicyclic amines) is 1. The van der Waals surface area contributed by atoms with Crippen LogP contribution in [0.3, 0.4) is 0 Å². The summed E-state index contributed by atoms with van der Waals surface area (Å²) in [7, 11) is 2.90. The van der Waals surface area contributed by atoms with Crippen LogP contribution < -0.4 is 19.7 Å². The Balaban J connectivity index is 1.41. The number of Topliss-reactive ketones (excluding diaryl/α,β-unsaturated/α-hetero) is 1. The van der Waals surface area contributed by atoms with Gasteiger partial charge >= 0.3 is 6.09 Å². The van der Waals surface area contributed by atoms with E-state index >= 15 is 4.39 Å². The highest BCUT2D eigenvalue weighted by Gasteiger charge is 2.40. The second-order valence-electron chi connectivity index (χ2n) is 11.9. The zero-order valence-electron chi connectivity index (χ0n) is 27.9. The topological polar surface area (TPSA) is 153 Å². The molecule has 2 amide bonds. The lowest BCUT2D eigenvalue weighted by molar-refractivity contribution is -0.189. The minimum absolute atomic E-state index is 0.0183. The van der Waals surface area contributed by atoms with Gasteiger partial charge in [0.25, 0.3) is 5.91 Å². The minimum atomic E-state index is -1.25. The second-order valence-corrected chi connectivity index (χ2v) is 11.9. The van der Waals surface area contributed by atoms with Crippen molar-refractivity contribution >= 4 is 29.3 Å². The monoisotopic (exact) mass is 693 g/mol. The van der Waals surface area contributed by atoms with Crippen LogP contribution in [-0.4, -0.2) is 93.2 Å². The van der Waals surface area contributed by atoms with Gasteiger partial charge in [-0.3, -0.25) is 24.2 Å². The number of benzene rings is 3. The van der Waals surface area contributed by atoms with E-state index < -0.39 is 41.5 Å². The van der Waals surface area contributed by atoms with E-state index in [4.69, 9.17) is 18.9 Å². The Hall–Kier alpha value is -5.05. The molecule has 13 nitrogen and oxygen atoms in total. The Bertz CT molecular complexity index is 1660. The van der Waals surface area contributed by atoms with Crippen LogP contribution in [0.1, 0.15) is 68.7 Å². The largest absolute Gasteiger partial charge is 0.468 e. The minimum Gasteiger partial charge on any atom is -0.468 e. The number of methoxy groups -OCH3 is 2. The summed E-state index contributed by atoms with van der Waals surface area (Å²) in [6.07, 6.45) is 2.08. The average Bonchev–Trinajstić information content (AvgIpc) is 3.60. The summed E-state index contributed by atoms with van der Waals surface area (Å²) < 4.78 is 36.8. The van der Waals surface area contributed by atoms with Crippen molar-refractivity contribution in [2.45, 2.75) is 44.2 Å². The lowest BCUT2D eigenvalue weighted by Gasteiger charge is -2.33. The molecule has 2 aliphatic heterocycles. The molecule has 50 heavy (non-hydrogen) atoms. The molecule has 2 heterocycles. The number of halogens is 1. The number of ketones is 2. The molecule has 0 bridgehead atoms. The molecule has 0 saturated carbocycles. The highest BCUT2D eigenvalue weighted by molar-refractivity contribution is 6.12. The zero-order chi connectivity index (χ0) is 35.6. The maximum absolute atomic E-state index is 16.0. The van der Waals surface area contributed by atoms with Crippen molar-refractivity contribution in [2.24, 2.45) is 0 Å². The van der Waals surface area contributed by atoms with Gasteiger partial charge in [-0.2, -0.15) is 5.26 Å². The van der Waals surface area contributed by atoms with Crippen LogP contribution in [0.4, 0.5) is 14.9 Å². The van der Waals surface area contributed by atoms with Crippen LogP contribution in [0, 0.1) is 5.82 Å². The van der Waals surface area contributed by atoms with Gasteiger partial charge in [-0.25, -0.2) is 9.18 Å². The fraction of sp³-hybridized carbons (Fsp3) is 0.389. The van der Waals surface area contributed by atoms with Gasteiger partial charge in [0.2, 0.25) is 0 Å². The van der Waals surface area contributed by atoms with E-state index in [1.807, 2.05) is 4.90 Å².